The number of hydrogen-bond acceptors (Lipinski definition) is 6. The number of aliphatic hydroxyl groups excluding tert-OH is 1. The molecule has 1 aliphatic rings. The second kappa shape index (κ2) is 10.7. The molecule has 0 saturated carbocycles. The van der Waals surface area contributed by atoms with Crippen LogP contribution in [0.15, 0.2) is 78.4 Å². The van der Waals surface area contributed by atoms with E-state index in [-0.39, 0.29) is 29.1 Å². The molecule has 0 aromatic heterocycles. The lowest BCUT2D eigenvalue weighted by molar-refractivity contribution is -0.384. The fourth-order valence-electron chi connectivity index (χ4n) is 4.28. The van der Waals surface area contributed by atoms with Crippen LogP contribution in [0.4, 0.5) is 5.69 Å². The molecule has 1 amide bonds. The van der Waals surface area contributed by atoms with Crippen molar-refractivity contribution in [2.24, 2.45) is 5.92 Å². The van der Waals surface area contributed by atoms with E-state index in [9.17, 15) is 24.8 Å². The highest BCUT2D eigenvalue weighted by molar-refractivity contribution is 6.46. The van der Waals surface area contributed by atoms with Gasteiger partial charge in [0.15, 0.2) is 0 Å². The third-order valence-corrected chi connectivity index (χ3v) is 6.11. The van der Waals surface area contributed by atoms with Crippen LogP contribution in [0.2, 0.25) is 0 Å². The van der Waals surface area contributed by atoms with Gasteiger partial charge in [0.05, 0.1) is 23.1 Å². The predicted octanol–water partition coefficient (Wildman–Crippen LogP) is 5.56. The number of carbonyl (C=O) groups excluding carboxylic acids is 2. The van der Waals surface area contributed by atoms with Gasteiger partial charge in [-0.15, -0.1) is 0 Å². The number of hydrogen-bond donors (Lipinski definition) is 1. The Balaban J connectivity index is 1.73. The largest absolute Gasteiger partial charge is 0.507 e. The number of likely N-dealkylation sites (tertiary alicyclic amines) is 1. The van der Waals surface area contributed by atoms with Crippen LogP contribution in [0.1, 0.15) is 42.1 Å². The molecule has 1 heterocycles. The summed E-state index contributed by atoms with van der Waals surface area (Å²) in [6.45, 7) is 6.76. The first-order chi connectivity index (χ1) is 17.7. The van der Waals surface area contributed by atoms with Gasteiger partial charge < -0.3 is 14.7 Å². The summed E-state index contributed by atoms with van der Waals surface area (Å²) in [5.41, 5.74) is 2.43. The minimum atomic E-state index is -0.827. The van der Waals surface area contributed by atoms with Gasteiger partial charge in [0, 0.05) is 24.2 Å². The van der Waals surface area contributed by atoms with Gasteiger partial charge in [-0.25, -0.2) is 0 Å². The highest BCUT2D eigenvalue weighted by Crippen LogP contribution is 2.40. The number of amides is 1. The number of nitro benzene ring substituents is 1. The zero-order valence-corrected chi connectivity index (χ0v) is 20.9. The van der Waals surface area contributed by atoms with Gasteiger partial charge in [0.1, 0.15) is 11.5 Å². The van der Waals surface area contributed by atoms with E-state index < -0.39 is 22.7 Å². The van der Waals surface area contributed by atoms with Crippen LogP contribution < -0.4 is 4.74 Å². The number of nitrogens with zero attached hydrogens (tertiary/aromatic N) is 2. The van der Waals surface area contributed by atoms with E-state index in [1.807, 2.05) is 55.5 Å². The van der Waals surface area contributed by atoms with E-state index in [0.717, 1.165) is 11.1 Å². The molecule has 1 atom stereocenters. The summed E-state index contributed by atoms with van der Waals surface area (Å²) in [7, 11) is 0. The summed E-state index contributed by atoms with van der Waals surface area (Å²) in [5, 5.41) is 22.2. The fraction of sp³-hybridized carbons (Fsp3) is 0.241. The van der Waals surface area contributed by atoms with E-state index >= 15 is 0 Å². The van der Waals surface area contributed by atoms with Crippen molar-refractivity contribution in [1.29, 1.82) is 0 Å². The molecule has 1 unspecified atom stereocenters. The third-order valence-electron chi connectivity index (χ3n) is 6.11. The standard InChI is InChI=1S/C29H28N2O6/c1-18(2)17-37-24-13-7-20(8-14-24)16-30-26(22-6-4-5-19(3)15-22)25(28(33)29(30)34)27(32)21-9-11-23(12-10-21)31(35)36/h4-15,18,26,32H,16-17H2,1-3H3/b27-25-. The van der Waals surface area contributed by atoms with E-state index in [2.05, 4.69) is 13.8 Å². The molecule has 1 aliphatic heterocycles. The highest BCUT2D eigenvalue weighted by Gasteiger charge is 2.46. The van der Waals surface area contributed by atoms with Crippen LogP contribution in [0.5, 0.6) is 5.75 Å². The zero-order valence-electron chi connectivity index (χ0n) is 20.9. The van der Waals surface area contributed by atoms with Crippen molar-refractivity contribution in [3.63, 3.8) is 0 Å². The molecule has 0 spiro atoms. The zero-order chi connectivity index (χ0) is 26.7. The number of ketones is 1. The minimum Gasteiger partial charge on any atom is -0.507 e. The Morgan fingerprint density at radius 2 is 1.73 bits per heavy atom. The minimum absolute atomic E-state index is 0.0543. The summed E-state index contributed by atoms with van der Waals surface area (Å²) >= 11 is 0. The van der Waals surface area contributed by atoms with Crippen molar-refractivity contribution < 1.29 is 24.4 Å². The van der Waals surface area contributed by atoms with Gasteiger partial charge in [-0.2, -0.15) is 0 Å². The van der Waals surface area contributed by atoms with E-state index in [1.54, 1.807) is 0 Å². The molecule has 4 rings (SSSR count). The summed E-state index contributed by atoms with van der Waals surface area (Å²) in [5.74, 6) is -0.807. The number of rotatable bonds is 8. The van der Waals surface area contributed by atoms with E-state index in [4.69, 9.17) is 4.74 Å². The smallest absolute Gasteiger partial charge is 0.295 e. The summed E-state index contributed by atoms with van der Waals surface area (Å²) in [6, 6.07) is 19.2. The average molecular weight is 501 g/mol. The van der Waals surface area contributed by atoms with Crippen LogP contribution in [-0.2, 0) is 16.1 Å². The molecule has 3 aromatic carbocycles. The van der Waals surface area contributed by atoms with Gasteiger partial charge >= 0.3 is 0 Å². The van der Waals surface area contributed by atoms with Crippen molar-refractivity contribution >= 4 is 23.1 Å². The molecule has 1 N–H and O–H groups in total. The second-order valence-electron chi connectivity index (χ2n) is 9.49. The van der Waals surface area contributed by atoms with Gasteiger partial charge in [-0.3, -0.25) is 19.7 Å². The summed E-state index contributed by atoms with van der Waals surface area (Å²) in [4.78, 5) is 38.4. The molecule has 0 aliphatic carbocycles. The Kier molecular flexibility index (Phi) is 7.38. The number of aryl methyl sites for hydroxylation is 1. The number of nitro groups is 1. The van der Waals surface area contributed by atoms with Crippen molar-refractivity contribution in [2.45, 2.75) is 33.4 Å². The maximum Gasteiger partial charge on any atom is 0.295 e. The van der Waals surface area contributed by atoms with Crippen molar-refractivity contribution in [1.82, 2.24) is 4.90 Å². The maximum absolute atomic E-state index is 13.2. The van der Waals surface area contributed by atoms with Crippen molar-refractivity contribution in [3.05, 3.63) is 111 Å². The molecule has 0 radical (unpaired) electrons. The van der Waals surface area contributed by atoms with E-state index in [1.165, 1.54) is 29.2 Å². The second-order valence-corrected chi connectivity index (χ2v) is 9.49. The SMILES string of the molecule is Cc1cccc(C2/C(=C(/O)c3ccc([N+](=O)[O-])cc3)C(=O)C(=O)N2Cc2ccc(OCC(C)C)cc2)c1. The van der Waals surface area contributed by atoms with Gasteiger partial charge in [-0.1, -0.05) is 55.8 Å². The predicted molar refractivity (Wildman–Crippen MR) is 139 cm³/mol. The summed E-state index contributed by atoms with van der Waals surface area (Å²) in [6.07, 6.45) is 0. The maximum atomic E-state index is 13.2. The fourth-order valence-corrected chi connectivity index (χ4v) is 4.28. The normalized spacial score (nSPS) is 16.9. The number of carbonyl (C=O) groups is 2. The highest BCUT2D eigenvalue weighted by atomic mass is 16.6. The number of aliphatic hydroxyl groups is 1. The van der Waals surface area contributed by atoms with Crippen LogP contribution in [-0.4, -0.2) is 33.2 Å². The van der Waals surface area contributed by atoms with Gasteiger partial charge in [0.2, 0.25) is 0 Å². The average Bonchev–Trinajstić information content (AvgIpc) is 3.12. The van der Waals surface area contributed by atoms with Crippen LogP contribution in [0.3, 0.4) is 0 Å². The quantitative estimate of drug-likeness (QED) is 0.143. The lowest BCUT2D eigenvalue weighted by atomic mass is 9.94. The molecular weight excluding hydrogens is 472 g/mol. The van der Waals surface area contributed by atoms with Crippen LogP contribution >= 0.6 is 0 Å². The Bertz CT molecular complexity index is 1360. The van der Waals surface area contributed by atoms with Crippen LogP contribution in [0.25, 0.3) is 5.76 Å². The third kappa shape index (κ3) is 5.53. The van der Waals surface area contributed by atoms with E-state index in [0.29, 0.717) is 23.8 Å². The first-order valence-electron chi connectivity index (χ1n) is 12.0. The molecule has 37 heavy (non-hydrogen) atoms. The molecular formula is C29H28N2O6. The molecule has 1 saturated heterocycles. The molecule has 0 bridgehead atoms. The first kappa shape index (κ1) is 25.6. The first-order valence-corrected chi connectivity index (χ1v) is 12.0. The molecule has 190 valence electrons. The number of ether oxygens (including phenoxy) is 1. The molecule has 1 fully saturated rings. The Morgan fingerprint density at radius 3 is 2.32 bits per heavy atom. The lowest BCUT2D eigenvalue weighted by Gasteiger charge is -2.26. The van der Waals surface area contributed by atoms with Crippen molar-refractivity contribution in [2.75, 3.05) is 6.61 Å². The number of benzene rings is 3. The van der Waals surface area contributed by atoms with Crippen LogP contribution in [0, 0.1) is 23.0 Å². The Morgan fingerprint density at radius 1 is 1.05 bits per heavy atom. The van der Waals surface area contributed by atoms with Gasteiger partial charge in [-0.05, 0) is 48.2 Å². The summed E-state index contributed by atoms with van der Waals surface area (Å²) < 4.78 is 5.74. The monoisotopic (exact) mass is 500 g/mol. The molecule has 3 aromatic rings. The lowest BCUT2D eigenvalue weighted by Crippen LogP contribution is -2.29. The van der Waals surface area contributed by atoms with Gasteiger partial charge in [0.25, 0.3) is 17.4 Å². The number of Topliss-reactive ketones (excluding diaryl/α,β-unsaturated/α-hetero) is 1. The topological polar surface area (TPSA) is 110 Å². The molecule has 8 nitrogen and oxygen atoms in total. The Labute approximate surface area is 215 Å². The number of non-ortho nitro benzene ring substituents is 1. The molecule has 8 heteroatoms. The van der Waals surface area contributed by atoms with Crippen molar-refractivity contribution in [3.8, 4) is 5.75 Å². The Hall–Kier alpha value is -4.46.